The molecule has 5 atom stereocenters. The highest BCUT2D eigenvalue weighted by molar-refractivity contribution is 5.77. The predicted molar refractivity (Wildman–Crippen MR) is 109 cm³/mol. The summed E-state index contributed by atoms with van der Waals surface area (Å²) in [5.41, 5.74) is 5.13. The first kappa shape index (κ1) is 23.4. The zero-order valence-electron chi connectivity index (χ0n) is 17.6. The van der Waals surface area contributed by atoms with Gasteiger partial charge >= 0.3 is 12.1 Å². The van der Waals surface area contributed by atoms with Crippen LogP contribution in [0.5, 0.6) is 0 Å². The molecule has 0 spiro atoms. The van der Waals surface area contributed by atoms with Crippen LogP contribution in [0.25, 0.3) is 5.52 Å². The molecule has 0 amide bonds. The number of anilines is 1. The van der Waals surface area contributed by atoms with Gasteiger partial charge < -0.3 is 34.9 Å². The summed E-state index contributed by atoms with van der Waals surface area (Å²) in [7, 11) is 0. The van der Waals surface area contributed by atoms with Crippen LogP contribution in [-0.2, 0) is 29.3 Å². The lowest BCUT2D eigenvalue weighted by Gasteiger charge is -2.30. The minimum absolute atomic E-state index is 0.131. The lowest BCUT2D eigenvalue weighted by Crippen LogP contribution is -2.44. The third-order valence-electron chi connectivity index (χ3n) is 5.06. The number of aromatic nitrogens is 3. The molecule has 0 aliphatic carbocycles. The van der Waals surface area contributed by atoms with Crippen LogP contribution in [0.2, 0.25) is 0 Å². The van der Waals surface area contributed by atoms with Gasteiger partial charge in [-0.1, -0.05) is 0 Å². The zero-order valence-corrected chi connectivity index (χ0v) is 17.6. The number of rotatable bonds is 8. The predicted octanol–water partition coefficient (Wildman–Crippen LogP) is -0.567. The van der Waals surface area contributed by atoms with Gasteiger partial charge in [0, 0.05) is 0 Å². The number of aliphatic hydroxyl groups is 2. The molecule has 13 nitrogen and oxygen atoms in total. The largest absolute Gasteiger partial charge is 0.509 e. The van der Waals surface area contributed by atoms with Gasteiger partial charge in [0.2, 0.25) is 0 Å². The maximum absolute atomic E-state index is 11.9. The first-order valence-electron chi connectivity index (χ1n) is 9.80. The van der Waals surface area contributed by atoms with Gasteiger partial charge in [-0.25, -0.2) is 19.1 Å². The van der Waals surface area contributed by atoms with E-state index in [0.29, 0.717) is 11.2 Å². The number of nitrogens with two attached hydrogens (primary N) is 1. The van der Waals surface area contributed by atoms with E-state index in [2.05, 4.69) is 21.8 Å². The molecule has 0 radical (unpaired) electrons. The third kappa shape index (κ3) is 4.22. The molecule has 3 rings (SSSR count). The number of hydrogen-bond donors (Lipinski definition) is 3. The maximum Gasteiger partial charge on any atom is 0.509 e. The number of fused-ring (bicyclic) bond motifs is 1. The Morgan fingerprint density at radius 3 is 2.84 bits per heavy atom. The average molecular weight is 451 g/mol. The number of nitrogen functional groups attached to an aromatic ring is 1. The van der Waals surface area contributed by atoms with Crippen molar-refractivity contribution in [3.8, 4) is 0 Å². The summed E-state index contributed by atoms with van der Waals surface area (Å²) in [5, 5.41) is 25.6. The molecule has 174 valence electrons. The second-order valence-corrected chi connectivity index (χ2v) is 7.10. The van der Waals surface area contributed by atoms with Crippen LogP contribution < -0.4 is 5.73 Å². The van der Waals surface area contributed by atoms with E-state index in [-0.39, 0.29) is 19.0 Å². The van der Waals surface area contributed by atoms with Crippen molar-refractivity contribution < 1.29 is 38.7 Å². The Kier molecular flexibility index (Phi) is 6.91. The van der Waals surface area contributed by atoms with E-state index in [1.54, 1.807) is 19.1 Å². The van der Waals surface area contributed by atoms with E-state index in [9.17, 15) is 19.8 Å². The zero-order chi connectivity index (χ0) is 23.5. The SMILES string of the molecule is C=NC[C@@]1(c2ccc3c(N)ncnn23)O[C@H](COC(=O)O[C@@H](C)C(=O)OCC)[C@@H](O)[C@H]1O. The summed E-state index contributed by atoms with van der Waals surface area (Å²) in [6.07, 6.45) is -5.16. The van der Waals surface area contributed by atoms with Gasteiger partial charge in [-0.2, -0.15) is 5.10 Å². The number of ether oxygens (including phenoxy) is 4. The van der Waals surface area contributed by atoms with Crippen LogP contribution in [0.15, 0.2) is 23.5 Å². The summed E-state index contributed by atoms with van der Waals surface area (Å²) in [6, 6.07) is 3.25. The topological polar surface area (TPSA) is 180 Å². The summed E-state index contributed by atoms with van der Waals surface area (Å²) in [6.45, 7) is 5.94. The fourth-order valence-electron chi connectivity index (χ4n) is 3.52. The lowest BCUT2D eigenvalue weighted by molar-refractivity contribution is -0.154. The fourth-order valence-corrected chi connectivity index (χ4v) is 3.52. The van der Waals surface area contributed by atoms with Gasteiger partial charge in [0.1, 0.15) is 36.8 Å². The van der Waals surface area contributed by atoms with Crippen LogP contribution in [0.4, 0.5) is 10.6 Å². The number of aliphatic hydroxyl groups excluding tert-OH is 2. The quantitative estimate of drug-likeness (QED) is 0.345. The Labute approximate surface area is 182 Å². The Morgan fingerprint density at radius 2 is 2.16 bits per heavy atom. The van der Waals surface area contributed by atoms with Gasteiger partial charge in [-0.3, -0.25) is 4.99 Å². The minimum atomic E-state index is -1.55. The number of esters is 1. The highest BCUT2D eigenvalue weighted by atomic mass is 16.7. The summed E-state index contributed by atoms with van der Waals surface area (Å²) in [4.78, 5) is 31.2. The molecule has 2 aromatic heterocycles. The van der Waals surface area contributed by atoms with Gasteiger partial charge in [-0.05, 0) is 32.7 Å². The molecule has 2 aromatic rings. The van der Waals surface area contributed by atoms with Crippen LogP contribution in [0, 0.1) is 0 Å². The molecule has 1 aliphatic heterocycles. The molecular weight excluding hydrogens is 426 g/mol. The minimum Gasteiger partial charge on any atom is -0.463 e. The van der Waals surface area contributed by atoms with Crippen LogP contribution in [0.3, 0.4) is 0 Å². The summed E-state index contributed by atoms with van der Waals surface area (Å²) in [5.74, 6) is -0.520. The Hall–Kier alpha value is -3.29. The van der Waals surface area contributed by atoms with E-state index in [1.165, 1.54) is 17.8 Å². The second-order valence-electron chi connectivity index (χ2n) is 7.10. The number of nitrogens with zero attached hydrogens (tertiary/aromatic N) is 4. The van der Waals surface area contributed by atoms with Crippen molar-refractivity contribution in [1.82, 2.24) is 14.6 Å². The molecule has 0 saturated carbocycles. The monoisotopic (exact) mass is 451 g/mol. The molecule has 3 heterocycles. The molecule has 1 aliphatic rings. The Morgan fingerprint density at radius 1 is 1.41 bits per heavy atom. The molecule has 0 bridgehead atoms. The molecular formula is C19H25N5O8. The van der Waals surface area contributed by atoms with Crippen molar-refractivity contribution in [2.45, 2.75) is 43.9 Å². The number of carbonyl (C=O) groups excluding carboxylic acids is 2. The van der Waals surface area contributed by atoms with Crippen LogP contribution in [0.1, 0.15) is 19.5 Å². The van der Waals surface area contributed by atoms with Crippen molar-refractivity contribution in [3.63, 3.8) is 0 Å². The smallest absolute Gasteiger partial charge is 0.463 e. The van der Waals surface area contributed by atoms with Crippen molar-refractivity contribution in [2.75, 3.05) is 25.5 Å². The number of carbonyl (C=O) groups is 2. The Balaban J connectivity index is 1.77. The highest BCUT2D eigenvalue weighted by Crippen LogP contribution is 2.41. The molecule has 1 saturated heterocycles. The average Bonchev–Trinajstić information content (AvgIpc) is 3.29. The second kappa shape index (κ2) is 9.46. The molecule has 0 unspecified atom stereocenters. The Bertz CT molecular complexity index is 997. The van der Waals surface area contributed by atoms with Gasteiger partial charge in [-0.15, -0.1) is 0 Å². The van der Waals surface area contributed by atoms with E-state index in [1.807, 2.05) is 0 Å². The first-order valence-corrected chi connectivity index (χ1v) is 9.80. The van der Waals surface area contributed by atoms with Crippen molar-refractivity contribution in [2.24, 2.45) is 4.99 Å². The third-order valence-corrected chi connectivity index (χ3v) is 5.06. The fraction of sp³-hybridized carbons (Fsp3) is 0.526. The normalized spacial score (nSPS) is 25.9. The standard InChI is InChI=1S/C19H25N5O8/c1-4-29-17(27)10(2)31-18(28)30-7-12-14(25)15(26)19(32-12,8-21-3)13-6-5-11-16(20)22-9-23-24(11)13/h5-6,9-10,12,14-15,25-26H,3-4,7-8H2,1-2H3,(H2,20,22,23)/t10-,12+,14+,15+,19-/m0/s1. The van der Waals surface area contributed by atoms with E-state index < -0.39 is 48.7 Å². The van der Waals surface area contributed by atoms with E-state index in [4.69, 9.17) is 24.7 Å². The van der Waals surface area contributed by atoms with E-state index in [0.717, 1.165) is 0 Å². The molecule has 13 heteroatoms. The van der Waals surface area contributed by atoms with Crippen LogP contribution >= 0.6 is 0 Å². The number of aliphatic imine (C=N–C) groups is 1. The molecule has 1 fully saturated rings. The van der Waals surface area contributed by atoms with Crippen molar-refractivity contribution >= 4 is 30.2 Å². The lowest BCUT2D eigenvalue weighted by atomic mass is 9.91. The van der Waals surface area contributed by atoms with E-state index >= 15 is 0 Å². The first-order chi connectivity index (χ1) is 15.2. The van der Waals surface area contributed by atoms with Crippen LogP contribution in [-0.4, -0.2) is 87.8 Å². The highest BCUT2D eigenvalue weighted by Gasteiger charge is 2.57. The van der Waals surface area contributed by atoms with Gasteiger partial charge in [0.05, 0.1) is 18.8 Å². The van der Waals surface area contributed by atoms with Crippen molar-refractivity contribution in [3.05, 3.63) is 24.2 Å². The molecule has 32 heavy (non-hydrogen) atoms. The van der Waals surface area contributed by atoms with Gasteiger partial charge in [0.25, 0.3) is 0 Å². The number of hydrogen-bond acceptors (Lipinski definition) is 12. The molecule has 0 aromatic carbocycles. The summed E-state index contributed by atoms with van der Waals surface area (Å²) < 4.78 is 21.9. The maximum atomic E-state index is 11.9. The molecule has 4 N–H and O–H groups in total. The van der Waals surface area contributed by atoms with Gasteiger partial charge in [0.15, 0.2) is 17.5 Å². The summed E-state index contributed by atoms with van der Waals surface area (Å²) >= 11 is 0. The van der Waals surface area contributed by atoms with Crippen molar-refractivity contribution in [1.29, 1.82) is 0 Å².